The molecule has 0 N–H and O–H groups in total. The highest BCUT2D eigenvalue weighted by Gasteiger charge is 2.20. The van der Waals surface area contributed by atoms with Gasteiger partial charge in [-0.1, -0.05) is 200 Å². The van der Waals surface area contributed by atoms with Gasteiger partial charge in [-0.25, -0.2) is 0 Å². The van der Waals surface area contributed by atoms with E-state index >= 15 is 0 Å². The molecule has 0 aliphatic rings. The Morgan fingerprint density at radius 1 is 0.250 bits per heavy atom. The minimum absolute atomic E-state index is 0.901. The van der Waals surface area contributed by atoms with Crippen LogP contribution in [0.2, 0.25) is 0 Å². The second-order valence-electron chi connectivity index (χ2n) is 16.4. The van der Waals surface area contributed by atoms with Crippen LogP contribution >= 0.6 is 0 Å². The molecule has 1 aromatic heterocycles. The van der Waals surface area contributed by atoms with Crippen LogP contribution in [0.3, 0.4) is 0 Å². The number of fused-ring (bicyclic) bond motifs is 6. The Labute approximate surface area is 372 Å². The van der Waals surface area contributed by atoms with Crippen molar-refractivity contribution in [1.82, 2.24) is 0 Å². The van der Waals surface area contributed by atoms with Crippen molar-refractivity contribution >= 4 is 60.5 Å². The van der Waals surface area contributed by atoms with E-state index in [4.69, 9.17) is 4.42 Å². The smallest absolute Gasteiger partial charge is 0.143 e. The van der Waals surface area contributed by atoms with E-state index in [2.05, 4.69) is 241 Å². The van der Waals surface area contributed by atoms with Crippen LogP contribution < -0.4 is 4.90 Å². The molecular formula is C62H41NO. The van der Waals surface area contributed by atoms with Gasteiger partial charge in [-0.3, -0.25) is 0 Å². The summed E-state index contributed by atoms with van der Waals surface area (Å²) in [5.74, 6) is 0. The molecule has 11 aromatic carbocycles. The summed E-state index contributed by atoms with van der Waals surface area (Å²) in [6.45, 7) is 0. The van der Waals surface area contributed by atoms with Crippen molar-refractivity contribution < 1.29 is 4.42 Å². The van der Waals surface area contributed by atoms with Gasteiger partial charge in [0.15, 0.2) is 0 Å². The summed E-state index contributed by atoms with van der Waals surface area (Å²) in [6.07, 6.45) is 0. The fourth-order valence-electron chi connectivity index (χ4n) is 9.67. The second kappa shape index (κ2) is 15.8. The molecule has 0 fully saturated rings. The third-order valence-electron chi connectivity index (χ3n) is 12.6. The SMILES string of the molecule is c1ccc(-c2cccc(N(c3ccc(-c4cccc5c4oc4ccccc45)cc3)c3cccc(-c4ccc5c(c4)c(-c4ccccc4)c(-c4ccccc4)c4ccccc45)c3)c2)cc1. The molecule has 2 heteroatoms. The summed E-state index contributed by atoms with van der Waals surface area (Å²) in [5, 5.41) is 7.24. The van der Waals surface area contributed by atoms with Gasteiger partial charge in [0.25, 0.3) is 0 Å². The summed E-state index contributed by atoms with van der Waals surface area (Å²) in [7, 11) is 0. The first kappa shape index (κ1) is 37.3. The standard InChI is InChI=1S/C62H41NO/c1-4-17-42(18-5-1)46-23-14-25-50(39-46)63(49-36-33-43(34-37-49)52-30-16-31-57-55-28-12-13-32-59(55)64-62(52)57)51-26-15-24-47(40-51)48-35-38-54-53-27-10-11-29-56(53)60(44-19-6-2-7-20-44)61(58(54)41-48)45-21-8-3-9-22-45/h1-41H. The van der Waals surface area contributed by atoms with Crippen molar-refractivity contribution in [3.05, 3.63) is 249 Å². The minimum Gasteiger partial charge on any atom is -0.455 e. The normalized spacial score (nSPS) is 11.4. The lowest BCUT2D eigenvalue weighted by molar-refractivity contribution is 0.670. The Hall–Kier alpha value is -8.46. The number of furan rings is 1. The van der Waals surface area contributed by atoms with Crippen LogP contribution in [-0.4, -0.2) is 0 Å². The van der Waals surface area contributed by atoms with Crippen LogP contribution in [0.25, 0.3) is 99.1 Å². The lowest BCUT2D eigenvalue weighted by Crippen LogP contribution is -2.10. The lowest BCUT2D eigenvalue weighted by atomic mass is 9.84. The number of para-hydroxylation sites is 2. The maximum atomic E-state index is 6.46. The van der Waals surface area contributed by atoms with Crippen molar-refractivity contribution in [2.45, 2.75) is 0 Å². The Balaban J connectivity index is 1.02. The van der Waals surface area contributed by atoms with Crippen molar-refractivity contribution in [3.63, 3.8) is 0 Å². The average molecular weight is 816 g/mol. The van der Waals surface area contributed by atoms with Crippen LogP contribution in [0.1, 0.15) is 0 Å². The molecule has 12 rings (SSSR count). The molecule has 0 radical (unpaired) electrons. The molecule has 0 bridgehead atoms. The zero-order valence-electron chi connectivity index (χ0n) is 35.0. The third kappa shape index (κ3) is 6.52. The van der Waals surface area contributed by atoms with E-state index in [1.165, 1.54) is 49.4 Å². The predicted octanol–water partition coefficient (Wildman–Crippen LogP) is 17.7. The monoisotopic (exact) mass is 815 g/mol. The molecule has 0 saturated heterocycles. The molecule has 2 nitrogen and oxygen atoms in total. The van der Waals surface area contributed by atoms with Gasteiger partial charge >= 0.3 is 0 Å². The fraction of sp³-hybridized carbons (Fsp3) is 0. The first-order valence-electron chi connectivity index (χ1n) is 21.9. The van der Waals surface area contributed by atoms with E-state index in [9.17, 15) is 0 Å². The summed E-state index contributed by atoms with van der Waals surface area (Å²) in [4.78, 5) is 2.37. The fourth-order valence-corrected chi connectivity index (χ4v) is 9.67. The maximum Gasteiger partial charge on any atom is 0.143 e. The molecule has 0 spiro atoms. The van der Waals surface area contributed by atoms with Crippen molar-refractivity contribution in [2.24, 2.45) is 0 Å². The van der Waals surface area contributed by atoms with Gasteiger partial charge in [-0.15, -0.1) is 0 Å². The highest BCUT2D eigenvalue weighted by Crippen LogP contribution is 2.46. The largest absolute Gasteiger partial charge is 0.455 e. The third-order valence-corrected chi connectivity index (χ3v) is 12.6. The first-order valence-corrected chi connectivity index (χ1v) is 21.9. The quantitative estimate of drug-likeness (QED) is 0.142. The van der Waals surface area contributed by atoms with Gasteiger partial charge in [0.1, 0.15) is 11.2 Å². The highest BCUT2D eigenvalue weighted by atomic mass is 16.3. The Morgan fingerprint density at radius 2 is 0.719 bits per heavy atom. The number of hydrogen-bond donors (Lipinski definition) is 0. The van der Waals surface area contributed by atoms with E-state index in [1.807, 2.05) is 12.1 Å². The van der Waals surface area contributed by atoms with Gasteiger partial charge in [-0.05, 0) is 120 Å². The number of anilines is 3. The second-order valence-corrected chi connectivity index (χ2v) is 16.4. The van der Waals surface area contributed by atoms with Crippen LogP contribution in [0, 0.1) is 0 Å². The van der Waals surface area contributed by atoms with E-state index in [0.29, 0.717) is 0 Å². The first-order chi connectivity index (χ1) is 31.7. The van der Waals surface area contributed by atoms with E-state index in [-0.39, 0.29) is 0 Å². The Morgan fingerprint density at radius 3 is 1.39 bits per heavy atom. The molecule has 0 aliphatic heterocycles. The molecule has 0 saturated carbocycles. The average Bonchev–Trinajstić information content (AvgIpc) is 3.76. The van der Waals surface area contributed by atoms with Crippen LogP contribution in [0.15, 0.2) is 253 Å². The van der Waals surface area contributed by atoms with Crippen molar-refractivity contribution in [1.29, 1.82) is 0 Å². The number of rotatable bonds is 8. The summed E-state index contributed by atoms with van der Waals surface area (Å²) in [6, 6.07) is 89.7. The van der Waals surface area contributed by atoms with Gasteiger partial charge in [0, 0.05) is 33.4 Å². The number of benzene rings is 11. The molecule has 12 aromatic rings. The van der Waals surface area contributed by atoms with Crippen LogP contribution in [0.4, 0.5) is 17.1 Å². The van der Waals surface area contributed by atoms with E-state index in [0.717, 1.165) is 66.8 Å². The summed E-state index contributed by atoms with van der Waals surface area (Å²) < 4.78 is 6.46. The molecule has 300 valence electrons. The summed E-state index contributed by atoms with van der Waals surface area (Å²) in [5.41, 5.74) is 16.8. The van der Waals surface area contributed by atoms with E-state index < -0.39 is 0 Å². The maximum absolute atomic E-state index is 6.46. The molecule has 0 aliphatic carbocycles. The zero-order valence-corrected chi connectivity index (χ0v) is 35.0. The molecule has 0 atom stereocenters. The topological polar surface area (TPSA) is 16.4 Å². The van der Waals surface area contributed by atoms with Crippen molar-refractivity contribution in [2.75, 3.05) is 4.90 Å². The Kier molecular flexibility index (Phi) is 9.20. The molecular weight excluding hydrogens is 775 g/mol. The molecule has 64 heavy (non-hydrogen) atoms. The van der Waals surface area contributed by atoms with Gasteiger partial charge in [-0.2, -0.15) is 0 Å². The number of hydrogen-bond acceptors (Lipinski definition) is 2. The summed E-state index contributed by atoms with van der Waals surface area (Å²) >= 11 is 0. The number of nitrogens with zero attached hydrogens (tertiary/aromatic N) is 1. The Bertz CT molecular complexity index is 3650. The highest BCUT2D eigenvalue weighted by molar-refractivity contribution is 6.22. The van der Waals surface area contributed by atoms with Gasteiger partial charge in [0.05, 0.1) is 0 Å². The van der Waals surface area contributed by atoms with E-state index in [1.54, 1.807) is 0 Å². The van der Waals surface area contributed by atoms with Gasteiger partial charge < -0.3 is 9.32 Å². The van der Waals surface area contributed by atoms with Crippen LogP contribution in [0.5, 0.6) is 0 Å². The van der Waals surface area contributed by atoms with Crippen molar-refractivity contribution in [3.8, 4) is 55.6 Å². The molecule has 0 unspecified atom stereocenters. The zero-order chi connectivity index (χ0) is 42.4. The minimum atomic E-state index is 0.901. The molecule has 0 amide bonds. The predicted molar refractivity (Wildman–Crippen MR) is 271 cm³/mol. The lowest BCUT2D eigenvalue weighted by Gasteiger charge is -2.27. The van der Waals surface area contributed by atoms with Gasteiger partial charge in [0.2, 0.25) is 0 Å². The molecule has 1 heterocycles. The van der Waals surface area contributed by atoms with Crippen LogP contribution in [-0.2, 0) is 0 Å².